The van der Waals surface area contributed by atoms with Crippen LogP contribution >= 0.6 is 0 Å². The van der Waals surface area contributed by atoms with Gasteiger partial charge in [-0.15, -0.1) is 5.10 Å². The lowest BCUT2D eigenvalue weighted by Crippen LogP contribution is -2.46. The monoisotopic (exact) mass is 598 g/mol. The third kappa shape index (κ3) is 5.44. The van der Waals surface area contributed by atoms with E-state index in [-0.39, 0.29) is 29.2 Å². The number of nitrogens with one attached hydrogen (secondary N) is 3. The van der Waals surface area contributed by atoms with Crippen LogP contribution < -0.4 is 16.5 Å². The van der Waals surface area contributed by atoms with Crippen molar-refractivity contribution in [1.82, 2.24) is 25.7 Å². The SMILES string of the molecule is N=C(N)c1cccc(C2=CC(Cn3cnnn3)(C(=O)Nc3ccc(-c4ccccc4S(=O)(=O)C(F)(F)F)cc3)ON2)c1. The average molecular weight is 599 g/mol. The molecule has 3 aromatic carbocycles. The number of amides is 1. The number of tetrazole rings is 1. The van der Waals surface area contributed by atoms with E-state index in [1.807, 2.05) is 0 Å². The molecule has 0 aliphatic carbocycles. The van der Waals surface area contributed by atoms with Gasteiger partial charge in [0.25, 0.3) is 15.7 Å². The predicted octanol–water partition coefficient (Wildman–Crippen LogP) is 2.87. The van der Waals surface area contributed by atoms with E-state index in [2.05, 4.69) is 26.3 Å². The van der Waals surface area contributed by atoms with Crippen LogP contribution in [0.15, 0.2) is 90.1 Å². The van der Waals surface area contributed by atoms with Crippen LogP contribution in [0.5, 0.6) is 0 Å². The lowest BCUT2D eigenvalue weighted by molar-refractivity contribution is -0.140. The zero-order valence-electron chi connectivity index (χ0n) is 21.3. The number of nitrogens with two attached hydrogens (primary N) is 1. The number of hydrogen-bond acceptors (Lipinski definition) is 9. The molecule has 12 nitrogen and oxygen atoms in total. The van der Waals surface area contributed by atoms with Gasteiger partial charge >= 0.3 is 5.51 Å². The molecule has 1 amide bonds. The number of aromatic nitrogens is 4. The van der Waals surface area contributed by atoms with Gasteiger partial charge in [-0.25, -0.2) is 13.1 Å². The van der Waals surface area contributed by atoms with Crippen LogP contribution in [0.25, 0.3) is 16.8 Å². The number of benzene rings is 3. The number of rotatable bonds is 8. The van der Waals surface area contributed by atoms with E-state index in [0.717, 1.165) is 6.07 Å². The molecule has 1 aliphatic heterocycles. The van der Waals surface area contributed by atoms with Crippen molar-refractivity contribution in [3.05, 3.63) is 96.3 Å². The molecule has 5 rings (SSSR count). The second-order valence-electron chi connectivity index (χ2n) is 9.13. The van der Waals surface area contributed by atoms with Crippen molar-refractivity contribution in [1.29, 1.82) is 5.41 Å². The minimum atomic E-state index is -5.60. The molecule has 1 aromatic heterocycles. The summed E-state index contributed by atoms with van der Waals surface area (Å²) in [5.41, 5.74) is 2.95. The molecule has 2 heterocycles. The van der Waals surface area contributed by atoms with Crippen molar-refractivity contribution in [2.45, 2.75) is 22.5 Å². The molecule has 0 fully saturated rings. The number of carbonyl (C=O) groups is 1. The molecule has 42 heavy (non-hydrogen) atoms. The maximum Gasteiger partial charge on any atom is 0.501 e. The summed E-state index contributed by atoms with van der Waals surface area (Å²) in [6.07, 6.45) is 2.82. The number of amidine groups is 1. The molecule has 1 unspecified atom stereocenters. The van der Waals surface area contributed by atoms with E-state index in [1.165, 1.54) is 59.5 Å². The fourth-order valence-electron chi connectivity index (χ4n) is 4.22. The first-order chi connectivity index (χ1) is 19.9. The Morgan fingerprint density at radius 1 is 1.07 bits per heavy atom. The lowest BCUT2D eigenvalue weighted by atomic mass is 9.99. The third-order valence-corrected chi connectivity index (χ3v) is 7.86. The van der Waals surface area contributed by atoms with Crippen molar-refractivity contribution < 1.29 is 31.2 Å². The smallest absolute Gasteiger partial charge is 0.384 e. The highest BCUT2D eigenvalue weighted by molar-refractivity contribution is 7.92. The summed E-state index contributed by atoms with van der Waals surface area (Å²) in [7, 11) is -5.60. The van der Waals surface area contributed by atoms with E-state index in [0.29, 0.717) is 16.8 Å². The second-order valence-corrected chi connectivity index (χ2v) is 11.0. The Bertz CT molecular complexity index is 1790. The second kappa shape index (κ2) is 10.7. The summed E-state index contributed by atoms with van der Waals surface area (Å²) in [6, 6.07) is 17.1. The summed E-state index contributed by atoms with van der Waals surface area (Å²) in [5.74, 6) is -0.785. The van der Waals surface area contributed by atoms with Gasteiger partial charge in [0.2, 0.25) is 5.60 Å². The van der Waals surface area contributed by atoms with Crippen LogP contribution in [-0.4, -0.2) is 51.5 Å². The average Bonchev–Trinajstić information content (AvgIpc) is 3.64. The number of hydrogen-bond donors (Lipinski definition) is 4. The summed E-state index contributed by atoms with van der Waals surface area (Å²) in [5, 5.41) is 21.3. The molecule has 0 bridgehead atoms. The van der Waals surface area contributed by atoms with Crippen molar-refractivity contribution in [2.24, 2.45) is 5.73 Å². The van der Waals surface area contributed by atoms with Crippen LogP contribution in [0.3, 0.4) is 0 Å². The van der Waals surface area contributed by atoms with Crippen LogP contribution in [0.1, 0.15) is 11.1 Å². The highest BCUT2D eigenvalue weighted by Gasteiger charge is 2.48. The third-order valence-electron chi connectivity index (χ3n) is 6.31. The number of anilines is 1. The molecule has 0 radical (unpaired) electrons. The molecule has 0 saturated heterocycles. The van der Waals surface area contributed by atoms with Gasteiger partial charge in [0, 0.05) is 22.4 Å². The fourth-order valence-corrected chi connectivity index (χ4v) is 5.21. The first kappa shape index (κ1) is 28.4. The fraction of sp³-hybridized carbons (Fsp3) is 0.115. The van der Waals surface area contributed by atoms with Gasteiger partial charge in [-0.3, -0.25) is 20.5 Å². The maximum absolute atomic E-state index is 13.6. The quantitative estimate of drug-likeness (QED) is 0.175. The minimum Gasteiger partial charge on any atom is -0.384 e. The molecule has 1 atom stereocenters. The zero-order chi connectivity index (χ0) is 30.1. The van der Waals surface area contributed by atoms with Gasteiger partial charge in [0.15, 0.2) is 0 Å². The Morgan fingerprint density at radius 2 is 1.81 bits per heavy atom. The van der Waals surface area contributed by atoms with Crippen LogP contribution in [0.4, 0.5) is 18.9 Å². The number of halogens is 3. The van der Waals surface area contributed by atoms with Crippen LogP contribution in [0, 0.1) is 5.41 Å². The summed E-state index contributed by atoms with van der Waals surface area (Å²) >= 11 is 0. The van der Waals surface area contributed by atoms with Crippen molar-refractivity contribution in [3.8, 4) is 11.1 Å². The van der Waals surface area contributed by atoms with Gasteiger partial charge in [-0.1, -0.05) is 48.5 Å². The molecular formula is C26H21F3N8O4S. The number of nitrogens with zero attached hydrogens (tertiary/aromatic N) is 4. The number of alkyl halides is 3. The summed E-state index contributed by atoms with van der Waals surface area (Å²) in [6.45, 7) is -0.143. The molecular weight excluding hydrogens is 577 g/mol. The van der Waals surface area contributed by atoms with E-state index < -0.39 is 31.7 Å². The standard InChI is InChI=1S/C26H21F3N8O4S/c27-26(28,29)42(39,40)22-7-2-1-6-20(22)16-8-10-19(11-9-16)33-24(38)25(14-37-15-32-35-36-37)13-21(34-41-25)17-4-3-5-18(12-17)23(30)31/h1-13,15,34H,14H2,(H3,30,31)(H,33,38). The van der Waals surface area contributed by atoms with Gasteiger partial charge in [-0.2, -0.15) is 13.2 Å². The van der Waals surface area contributed by atoms with Gasteiger partial charge in [-0.05, 0) is 46.3 Å². The number of carbonyl (C=O) groups excluding carboxylic acids is 1. The molecule has 4 aromatic rings. The molecule has 0 spiro atoms. The van der Waals surface area contributed by atoms with Crippen LogP contribution in [0.2, 0.25) is 0 Å². The Balaban J connectivity index is 1.44. The number of nitrogen functional groups attached to an aromatic ring is 1. The van der Waals surface area contributed by atoms with Crippen molar-refractivity contribution >= 4 is 33.0 Å². The van der Waals surface area contributed by atoms with E-state index in [4.69, 9.17) is 16.0 Å². The molecule has 5 N–H and O–H groups in total. The largest absolute Gasteiger partial charge is 0.501 e. The Hall–Kier alpha value is -5.09. The lowest BCUT2D eigenvalue weighted by Gasteiger charge is -2.24. The van der Waals surface area contributed by atoms with E-state index in [9.17, 15) is 26.4 Å². The minimum absolute atomic E-state index is 0.142. The van der Waals surface area contributed by atoms with Gasteiger partial charge in [0.05, 0.1) is 17.1 Å². The molecule has 1 aliphatic rings. The Labute approximate surface area is 236 Å². The van der Waals surface area contributed by atoms with Gasteiger partial charge < -0.3 is 11.1 Å². The molecule has 16 heteroatoms. The topological polar surface area (TPSA) is 178 Å². The highest BCUT2D eigenvalue weighted by Crippen LogP contribution is 2.37. The van der Waals surface area contributed by atoms with Crippen molar-refractivity contribution in [3.63, 3.8) is 0 Å². The Morgan fingerprint density at radius 3 is 2.48 bits per heavy atom. The maximum atomic E-state index is 13.6. The molecule has 216 valence electrons. The summed E-state index contributed by atoms with van der Waals surface area (Å²) in [4.78, 5) is 18.5. The molecule has 0 saturated carbocycles. The Kier molecular flexibility index (Phi) is 7.26. The summed E-state index contributed by atoms with van der Waals surface area (Å²) < 4.78 is 65.3. The first-order valence-corrected chi connectivity index (χ1v) is 13.5. The van der Waals surface area contributed by atoms with Gasteiger partial charge in [0.1, 0.15) is 12.2 Å². The first-order valence-electron chi connectivity index (χ1n) is 12.0. The van der Waals surface area contributed by atoms with E-state index >= 15 is 0 Å². The zero-order valence-corrected chi connectivity index (χ0v) is 22.1. The van der Waals surface area contributed by atoms with E-state index in [1.54, 1.807) is 24.3 Å². The van der Waals surface area contributed by atoms with Crippen molar-refractivity contribution in [2.75, 3.05) is 5.32 Å². The highest BCUT2D eigenvalue weighted by atomic mass is 32.2. The predicted molar refractivity (Wildman–Crippen MR) is 144 cm³/mol. The number of hydroxylamine groups is 1. The normalized spacial score (nSPS) is 16.9. The number of sulfone groups is 1. The van der Waals surface area contributed by atoms with Crippen LogP contribution in [-0.2, 0) is 26.0 Å².